The maximum Gasteiger partial charge on any atom is 0.352 e. The molecular weight excluding hydrogens is 431 g/mol. The number of para-hydroxylation sites is 3. The van der Waals surface area contributed by atoms with Crippen LogP contribution in [-0.2, 0) is 11.1 Å². The molecule has 0 spiro atoms. The van der Waals surface area contributed by atoms with E-state index in [0.29, 0.717) is 31.2 Å². The Balaban J connectivity index is 1.70. The molecule has 2 aromatic carbocycles. The van der Waals surface area contributed by atoms with Crippen molar-refractivity contribution in [1.82, 2.24) is 19.1 Å². The number of hydrogen-bond acceptors (Lipinski definition) is 5. The van der Waals surface area contributed by atoms with Crippen LogP contribution in [0.3, 0.4) is 0 Å². The lowest BCUT2D eigenvalue weighted by molar-refractivity contribution is 0.370. The monoisotopic (exact) mass is 454 g/mol. The number of rotatable bonds is 8. The van der Waals surface area contributed by atoms with E-state index in [1.54, 1.807) is 4.57 Å². The highest BCUT2D eigenvalue weighted by Gasteiger charge is 2.22. The van der Waals surface area contributed by atoms with Crippen LogP contribution >= 0.6 is 7.60 Å². The third-order valence-corrected chi connectivity index (χ3v) is 6.15. The van der Waals surface area contributed by atoms with Crippen LogP contribution in [0.5, 0.6) is 0 Å². The van der Waals surface area contributed by atoms with Gasteiger partial charge in [-0.05, 0) is 37.1 Å². The van der Waals surface area contributed by atoms with Crippen molar-refractivity contribution in [2.24, 2.45) is 0 Å². The quantitative estimate of drug-likeness (QED) is 0.238. The first kappa shape index (κ1) is 22.1. The molecule has 2 heterocycles. The minimum atomic E-state index is -3.99. The molecule has 0 aliphatic carbocycles. The topological polar surface area (TPSA) is 127 Å². The number of nitrogens with zero attached hydrogens (tertiary/aromatic N) is 4. The zero-order valence-corrected chi connectivity index (χ0v) is 18.2. The van der Waals surface area contributed by atoms with Gasteiger partial charge in [-0.15, -0.1) is 0 Å². The lowest BCUT2D eigenvalue weighted by Crippen LogP contribution is -2.38. The smallest absolute Gasteiger partial charge is 0.324 e. The van der Waals surface area contributed by atoms with Gasteiger partial charge in [-0.25, -0.2) is 9.78 Å². The highest BCUT2D eigenvalue weighted by Crippen LogP contribution is 2.35. The molecular formula is C22H23N4O5P. The molecule has 0 saturated carbocycles. The molecule has 4 rings (SSSR count). The molecule has 2 aliphatic rings. The zero-order chi connectivity index (χ0) is 22.7. The van der Waals surface area contributed by atoms with Crippen molar-refractivity contribution in [3.8, 4) is 17.2 Å². The van der Waals surface area contributed by atoms with Crippen LogP contribution in [0.25, 0.3) is 28.2 Å². The third-order valence-electron chi connectivity index (χ3n) is 5.25. The Bertz CT molecular complexity index is 1380. The first-order chi connectivity index (χ1) is 15.3. The Hall–Kier alpha value is -3.13. The van der Waals surface area contributed by atoms with Crippen LogP contribution in [0.2, 0.25) is 0 Å². The molecule has 0 saturated heterocycles. The SMILES string of the molecule is O=c1nc2n(-c3ccccc3)c3ccccc3nc-2c(=O)n1CCCCCCP(=O)(O)O. The zero-order valence-electron chi connectivity index (χ0n) is 17.3. The molecule has 2 aromatic rings. The van der Waals surface area contributed by atoms with Crippen LogP contribution < -0.4 is 11.2 Å². The lowest BCUT2D eigenvalue weighted by atomic mass is 10.2. The maximum atomic E-state index is 13.2. The lowest BCUT2D eigenvalue weighted by Gasteiger charge is -2.17. The van der Waals surface area contributed by atoms with E-state index in [1.165, 1.54) is 0 Å². The van der Waals surface area contributed by atoms with Gasteiger partial charge in [0.1, 0.15) is 0 Å². The molecule has 0 fully saturated rings. The average molecular weight is 454 g/mol. The van der Waals surface area contributed by atoms with Crippen molar-refractivity contribution >= 4 is 18.6 Å². The Morgan fingerprint density at radius 2 is 1.53 bits per heavy atom. The Kier molecular flexibility index (Phi) is 6.32. The van der Waals surface area contributed by atoms with Crippen molar-refractivity contribution < 1.29 is 14.4 Å². The predicted molar refractivity (Wildman–Crippen MR) is 121 cm³/mol. The minimum Gasteiger partial charge on any atom is -0.324 e. The van der Waals surface area contributed by atoms with Crippen LogP contribution in [0.15, 0.2) is 64.2 Å². The largest absolute Gasteiger partial charge is 0.352 e. The second kappa shape index (κ2) is 9.16. The molecule has 0 unspecified atom stereocenters. The highest BCUT2D eigenvalue weighted by atomic mass is 31.2. The molecule has 2 aliphatic heterocycles. The second-order valence-electron chi connectivity index (χ2n) is 7.60. The maximum absolute atomic E-state index is 13.2. The number of aromatic nitrogens is 4. The van der Waals surface area contributed by atoms with Gasteiger partial charge in [-0.2, -0.15) is 4.98 Å². The van der Waals surface area contributed by atoms with Crippen molar-refractivity contribution in [3.63, 3.8) is 0 Å². The van der Waals surface area contributed by atoms with Crippen molar-refractivity contribution in [3.05, 3.63) is 75.4 Å². The molecule has 0 aromatic heterocycles. The van der Waals surface area contributed by atoms with Crippen LogP contribution in [0.1, 0.15) is 25.7 Å². The standard InChI is InChI=1S/C22H23N4O5P/c27-21-19-20(24-22(28)25(21)14-8-1-2-9-15-32(29,30)31)26(16-10-4-3-5-11-16)18-13-7-6-12-17(18)23-19/h3-7,10-13H,1-2,8-9,14-15H2,(H2,29,30,31). The summed E-state index contributed by atoms with van der Waals surface area (Å²) in [5.74, 6) is 0.211. The summed E-state index contributed by atoms with van der Waals surface area (Å²) in [4.78, 5) is 52.5. The van der Waals surface area contributed by atoms with Crippen molar-refractivity contribution in [1.29, 1.82) is 0 Å². The normalized spacial score (nSPS) is 11.9. The summed E-state index contributed by atoms with van der Waals surface area (Å²) < 4.78 is 13.8. The van der Waals surface area contributed by atoms with Crippen LogP contribution in [0, 0.1) is 0 Å². The van der Waals surface area contributed by atoms with Crippen LogP contribution in [-0.4, -0.2) is 35.1 Å². The third kappa shape index (κ3) is 4.70. The molecule has 2 N–H and O–H groups in total. The molecule has 0 amide bonds. The fourth-order valence-electron chi connectivity index (χ4n) is 3.73. The van der Waals surface area contributed by atoms with Gasteiger partial charge in [-0.3, -0.25) is 18.5 Å². The van der Waals surface area contributed by atoms with Crippen molar-refractivity contribution in [2.45, 2.75) is 32.2 Å². The summed E-state index contributed by atoms with van der Waals surface area (Å²) in [6.07, 6.45) is 2.00. The molecule has 0 radical (unpaired) electrons. The molecule has 0 bridgehead atoms. The van der Waals surface area contributed by atoms with E-state index in [0.717, 1.165) is 15.8 Å². The van der Waals surface area contributed by atoms with Gasteiger partial charge >= 0.3 is 13.3 Å². The van der Waals surface area contributed by atoms with E-state index in [1.807, 2.05) is 54.6 Å². The first-order valence-electron chi connectivity index (χ1n) is 10.4. The van der Waals surface area contributed by atoms with E-state index in [9.17, 15) is 14.2 Å². The predicted octanol–water partition coefficient (Wildman–Crippen LogP) is 2.79. The summed E-state index contributed by atoms with van der Waals surface area (Å²) in [5.41, 5.74) is 1.11. The van der Waals surface area contributed by atoms with E-state index in [-0.39, 0.29) is 24.2 Å². The molecule has 0 atom stereocenters. The van der Waals surface area contributed by atoms with Crippen LogP contribution in [0.4, 0.5) is 0 Å². The van der Waals surface area contributed by atoms with Crippen molar-refractivity contribution in [2.75, 3.05) is 6.16 Å². The second-order valence-corrected chi connectivity index (χ2v) is 9.37. The highest BCUT2D eigenvalue weighted by molar-refractivity contribution is 7.51. The Labute approximate surface area is 183 Å². The number of hydrogen-bond donors (Lipinski definition) is 2. The fourth-order valence-corrected chi connectivity index (χ4v) is 4.36. The van der Waals surface area contributed by atoms with Gasteiger partial charge in [0.2, 0.25) is 0 Å². The van der Waals surface area contributed by atoms with E-state index in [4.69, 9.17) is 9.79 Å². The Morgan fingerprint density at radius 3 is 2.28 bits per heavy atom. The fraction of sp³-hybridized carbons (Fsp3) is 0.273. The summed E-state index contributed by atoms with van der Waals surface area (Å²) >= 11 is 0. The summed E-state index contributed by atoms with van der Waals surface area (Å²) in [5, 5.41) is 0. The molecule has 10 heteroatoms. The summed E-state index contributed by atoms with van der Waals surface area (Å²) in [7, 11) is -3.99. The average Bonchev–Trinajstić information content (AvgIpc) is 2.76. The molecule has 166 valence electrons. The first-order valence-corrected chi connectivity index (χ1v) is 12.2. The van der Waals surface area contributed by atoms with E-state index < -0.39 is 18.8 Å². The molecule has 9 nitrogen and oxygen atoms in total. The van der Waals surface area contributed by atoms with Gasteiger partial charge in [0.25, 0.3) is 5.56 Å². The molecule has 32 heavy (non-hydrogen) atoms. The van der Waals surface area contributed by atoms with Gasteiger partial charge in [-0.1, -0.05) is 43.2 Å². The number of fused-ring (bicyclic) bond motifs is 2. The van der Waals surface area contributed by atoms with E-state index >= 15 is 0 Å². The summed E-state index contributed by atoms with van der Waals surface area (Å²) in [6, 6.07) is 16.7. The minimum absolute atomic E-state index is 0.119. The summed E-state index contributed by atoms with van der Waals surface area (Å²) in [6.45, 7) is 0.177. The Morgan fingerprint density at radius 1 is 0.844 bits per heavy atom. The van der Waals surface area contributed by atoms with Gasteiger partial charge in [0.05, 0.1) is 11.0 Å². The number of benzene rings is 2. The van der Waals surface area contributed by atoms with Gasteiger partial charge < -0.3 is 9.79 Å². The van der Waals surface area contributed by atoms with E-state index in [2.05, 4.69) is 9.97 Å². The number of unbranched alkanes of at least 4 members (excludes halogenated alkanes) is 3. The van der Waals surface area contributed by atoms with Gasteiger partial charge in [0, 0.05) is 18.4 Å². The van der Waals surface area contributed by atoms with Gasteiger partial charge in [0.15, 0.2) is 11.5 Å².